The minimum atomic E-state index is 0.0218. The zero-order valence-electron chi connectivity index (χ0n) is 13.9. The largest absolute Gasteiger partial charge is 0.361 e. The van der Waals surface area contributed by atoms with Crippen LogP contribution in [0.15, 0.2) is 24.4 Å². The molecule has 124 valence electrons. The number of H-pyrrole nitrogens is 2. The summed E-state index contributed by atoms with van der Waals surface area (Å²) < 4.78 is 0. The number of nitrogens with one attached hydrogen (secondary N) is 3. The molecule has 24 heavy (non-hydrogen) atoms. The lowest BCUT2D eigenvalue weighted by Crippen LogP contribution is -2.25. The van der Waals surface area contributed by atoms with Crippen molar-refractivity contribution in [2.45, 2.75) is 45.6 Å². The fourth-order valence-corrected chi connectivity index (χ4v) is 3.60. The van der Waals surface area contributed by atoms with Gasteiger partial charge in [-0.25, -0.2) is 4.98 Å². The first-order valence-corrected chi connectivity index (χ1v) is 8.59. The monoisotopic (exact) mass is 322 g/mol. The first kappa shape index (κ1) is 15.0. The minimum absolute atomic E-state index is 0.0218. The first-order chi connectivity index (χ1) is 11.7. The molecule has 0 spiro atoms. The molecule has 3 aromatic rings. The topological polar surface area (TPSA) is 73.6 Å². The van der Waals surface area contributed by atoms with Crippen LogP contribution in [0.25, 0.3) is 10.9 Å². The molecular weight excluding hydrogens is 300 g/mol. The van der Waals surface area contributed by atoms with Crippen LogP contribution in [0.5, 0.6) is 0 Å². The number of fused-ring (bicyclic) bond motifs is 2. The third-order valence-corrected chi connectivity index (χ3v) is 4.80. The van der Waals surface area contributed by atoms with E-state index in [1.807, 2.05) is 18.3 Å². The zero-order chi connectivity index (χ0) is 16.5. The molecule has 4 rings (SSSR count). The van der Waals surface area contributed by atoms with Gasteiger partial charge in [-0.1, -0.05) is 12.1 Å². The summed E-state index contributed by atoms with van der Waals surface area (Å²) in [5.41, 5.74) is 5.74. The Labute approximate surface area is 140 Å². The highest BCUT2D eigenvalue weighted by molar-refractivity contribution is 5.90. The van der Waals surface area contributed by atoms with E-state index in [2.05, 4.69) is 33.3 Å². The van der Waals surface area contributed by atoms with Crippen molar-refractivity contribution < 1.29 is 4.79 Å². The van der Waals surface area contributed by atoms with Gasteiger partial charge in [0.05, 0.1) is 18.7 Å². The Balaban J connectivity index is 1.42. The molecule has 0 saturated heterocycles. The van der Waals surface area contributed by atoms with E-state index in [4.69, 9.17) is 0 Å². The van der Waals surface area contributed by atoms with E-state index in [0.717, 1.165) is 35.1 Å². The average Bonchev–Trinajstić information content (AvgIpc) is 3.17. The summed E-state index contributed by atoms with van der Waals surface area (Å²) in [6.07, 6.45) is 6.87. The second-order valence-electron chi connectivity index (χ2n) is 6.58. The molecule has 1 amide bonds. The van der Waals surface area contributed by atoms with Crippen LogP contribution in [0.2, 0.25) is 0 Å². The summed E-state index contributed by atoms with van der Waals surface area (Å²) in [7, 11) is 0. The molecule has 0 radical (unpaired) electrons. The molecule has 0 fully saturated rings. The number of hydrogen-bond donors (Lipinski definition) is 3. The molecule has 2 aromatic heterocycles. The van der Waals surface area contributed by atoms with Crippen LogP contribution in [0, 0.1) is 6.92 Å². The summed E-state index contributed by atoms with van der Waals surface area (Å²) >= 11 is 0. The van der Waals surface area contributed by atoms with Crippen LogP contribution < -0.4 is 5.32 Å². The van der Waals surface area contributed by atoms with Gasteiger partial charge in [-0.2, -0.15) is 0 Å². The summed E-state index contributed by atoms with van der Waals surface area (Å²) in [6.45, 7) is 2.54. The Morgan fingerprint density at radius 3 is 3.04 bits per heavy atom. The van der Waals surface area contributed by atoms with Gasteiger partial charge in [-0.3, -0.25) is 4.79 Å². The van der Waals surface area contributed by atoms with Gasteiger partial charge in [0.25, 0.3) is 0 Å². The van der Waals surface area contributed by atoms with Crippen molar-refractivity contribution in [1.82, 2.24) is 20.3 Å². The van der Waals surface area contributed by atoms with E-state index in [1.54, 1.807) is 0 Å². The summed E-state index contributed by atoms with van der Waals surface area (Å²) in [5.74, 6) is 0.888. The van der Waals surface area contributed by atoms with Crippen molar-refractivity contribution in [3.8, 4) is 0 Å². The second kappa shape index (κ2) is 6.15. The summed E-state index contributed by atoms with van der Waals surface area (Å²) in [4.78, 5) is 23.5. The Kier molecular flexibility index (Phi) is 3.84. The van der Waals surface area contributed by atoms with Gasteiger partial charge in [0.15, 0.2) is 0 Å². The van der Waals surface area contributed by atoms with Gasteiger partial charge in [0.2, 0.25) is 5.91 Å². The third kappa shape index (κ3) is 2.82. The van der Waals surface area contributed by atoms with Gasteiger partial charge in [-0.15, -0.1) is 0 Å². The Morgan fingerprint density at radius 1 is 1.29 bits per heavy atom. The highest BCUT2D eigenvalue weighted by atomic mass is 16.1. The van der Waals surface area contributed by atoms with E-state index in [1.165, 1.54) is 29.8 Å². The number of rotatable bonds is 4. The van der Waals surface area contributed by atoms with Gasteiger partial charge in [0.1, 0.15) is 5.82 Å². The van der Waals surface area contributed by atoms with Crippen molar-refractivity contribution in [1.29, 1.82) is 0 Å². The lowest BCUT2D eigenvalue weighted by molar-refractivity contribution is -0.120. The van der Waals surface area contributed by atoms with Crippen molar-refractivity contribution in [2.75, 3.05) is 0 Å². The molecule has 5 heteroatoms. The summed E-state index contributed by atoms with van der Waals surface area (Å²) in [6, 6.07) is 6.14. The number of carbonyl (C=O) groups is 1. The molecule has 2 heterocycles. The van der Waals surface area contributed by atoms with Crippen molar-refractivity contribution in [3.05, 3.63) is 52.7 Å². The Morgan fingerprint density at radius 2 is 2.17 bits per heavy atom. The highest BCUT2D eigenvalue weighted by Crippen LogP contribution is 2.22. The standard InChI is InChI=1S/C19H22N4O/c1-12-5-4-8-16-19(12)13(10-20-16)9-18(24)21-11-17-22-14-6-2-3-7-15(14)23-17/h4-5,8,10,20H,2-3,6-7,9,11H2,1H3,(H,21,24)(H,22,23). The average molecular weight is 322 g/mol. The van der Waals surface area contributed by atoms with E-state index in [0.29, 0.717) is 13.0 Å². The number of aromatic amines is 2. The number of aromatic nitrogens is 3. The second-order valence-corrected chi connectivity index (χ2v) is 6.58. The molecule has 1 aliphatic carbocycles. The molecule has 1 aromatic carbocycles. The quantitative estimate of drug-likeness (QED) is 0.691. The first-order valence-electron chi connectivity index (χ1n) is 8.59. The smallest absolute Gasteiger partial charge is 0.224 e. The van der Waals surface area contributed by atoms with Gasteiger partial charge < -0.3 is 15.3 Å². The molecular formula is C19H22N4O. The van der Waals surface area contributed by atoms with E-state index >= 15 is 0 Å². The van der Waals surface area contributed by atoms with Gasteiger partial charge in [0, 0.05) is 22.8 Å². The van der Waals surface area contributed by atoms with Crippen molar-refractivity contribution in [3.63, 3.8) is 0 Å². The molecule has 0 bridgehead atoms. The predicted octanol–water partition coefficient (Wildman–Crippen LogP) is 2.94. The number of nitrogens with zero attached hydrogens (tertiary/aromatic N) is 1. The van der Waals surface area contributed by atoms with Crippen LogP contribution in [-0.2, 0) is 30.6 Å². The lowest BCUT2D eigenvalue weighted by atomic mass is 10.0. The fourth-order valence-electron chi connectivity index (χ4n) is 3.60. The molecule has 0 aliphatic heterocycles. The van der Waals surface area contributed by atoms with E-state index < -0.39 is 0 Å². The third-order valence-electron chi connectivity index (χ3n) is 4.80. The maximum atomic E-state index is 12.3. The maximum absolute atomic E-state index is 12.3. The summed E-state index contributed by atoms with van der Waals surface area (Å²) in [5, 5.41) is 4.14. The molecule has 0 saturated carbocycles. The van der Waals surface area contributed by atoms with Crippen LogP contribution in [0.1, 0.15) is 41.2 Å². The fraction of sp³-hybridized carbons (Fsp3) is 0.368. The molecule has 0 atom stereocenters. The van der Waals surface area contributed by atoms with Crippen LogP contribution in [-0.4, -0.2) is 20.9 Å². The van der Waals surface area contributed by atoms with Crippen LogP contribution >= 0.6 is 0 Å². The molecule has 5 nitrogen and oxygen atoms in total. The van der Waals surface area contributed by atoms with Gasteiger partial charge >= 0.3 is 0 Å². The normalized spacial score (nSPS) is 13.9. The number of carbonyl (C=O) groups excluding carboxylic acids is 1. The Bertz CT molecular complexity index is 867. The minimum Gasteiger partial charge on any atom is -0.361 e. The number of imidazole rings is 1. The molecule has 3 N–H and O–H groups in total. The number of aryl methyl sites for hydroxylation is 3. The zero-order valence-corrected chi connectivity index (χ0v) is 13.9. The number of benzene rings is 1. The number of hydrogen-bond acceptors (Lipinski definition) is 2. The molecule has 1 aliphatic rings. The van der Waals surface area contributed by atoms with Gasteiger partial charge in [-0.05, 0) is 49.8 Å². The highest BCUT2D eigenvalue weighted by Gasteiger charge is 2.15. The van der Waals surface area contributed by atoms with E-state index in [9.17, 15) is 4.79 Å². The lowest BCUT2D eigenvalue weighted by Gasteiger charge is -2.07. The molecule has 0 unspecified atom stereocenters. The van der Waals surface area contributed by atoms with Crippen molar-refractivity contribution in [2.24, 2.45) is 0 Å². The SMILES string of the molecule is Cc1cccc2[nH]cc(CC(=O)NCc3nc4c([nH]3)CCCC4)c12. The van der Waals surface area contributed by atoms with Crippen molar-refractivity contribution >= 4 is 16.8 Å². The number of amides is 1. The maximum Gasteiger partial charge on any atom is 0.224 e. The van der Waals surface area contributed by atoms with Crippen LogP contribution in [0.4, 0.5) is 0 Å². The van der Waals surface area contributed by atoms with Crippen LogP contribution in [0.3, 0.4) is 0 Å². The van der Waals surface area contributed by atoms with E-state index in [-0.39, 0.29) is 5.91 Å². The Hall–Kier alpha value is -2.56. The predicted molar refractivity (Wildman–Crippen MR) is 93.8 cm³/mol.